The number of para-hydroxylation sites is 1. The normalized spacial score (nSPS) is 16.3. The van der Waals surface area contributed by atoms with Crippen LogP contribution in [-0.2, 0) is 16.1 Å². The fourth-order valence-corrected chi connectivity index (χ4v) is 5.06. The lowest BCUT2D eigenvalue weighted by Crippen LogP contribution is -2.41. The van der Waals surface area contributed by atoms with E-state index in [0.29, 0.717) is 43.9 Å². The minimum atomic E-state index is -0.0403. The molecular formula is C29H32N6O3. The van der Waals surface area contributed by atoms with E-state index < -0.39 is 0 Å². The largest absolute Gasteiger partial charge is 0.489 e. The number of imidazole rings is 1. The number of rotatable bonds is 8. The number of hydrogen-bond acceptors (Lipinski definition) is 7. The second kappa shape index (κ2) is 10.8. The third-order valence-corrected chi connectivity index (χ3v) is 7.34. The van der Waals surface area contributed by atoms with Gasteiger partial charge >= 0.3 is 0 Å². The molecule has 0 atom stereocenters. The van der Waals surface area contributed by atoms with Crippen LogP contribution in [-0.4, -0.2) is 58.0 Å². The Kier molecular flexibility index (Phi) is 6.94. The van der Waals surface area contributed by atoms with Crippen molar-refractivity contribution in [3.63, 3.8) is 0 Å². The molecule has 3 N–H and O–H groups in total. The van der Waals surface area contributed by atoms with Crippen LogP contribution in [0.5, 0.6) is 5.75 Å². The molecular weight excluding hydrogens is 480 g/mol. The van der Waals surface area contributed by atoms with Crippen LogP contribution in [0.4, 0.5) is 11.5 Å². The molecule has 1 saturated heterocycles. The molecule has 9 nitrogen and oxygen atoms in total. The highest BCUT2D eigenvalue weighted by Gasteiger charge is 2.27. The summed E-state index contributed by atoms with van der Waals surface area (Å²) in [5.41, 5.74) is 10.5. The fraction of sp³-hybridized carbons (Fsp3) is 0.345. The predicted molar refractivity (Wildman–Crippen MR) is 146 cm³/mol. The molecule has 1 saturated carbocycles. The first-order valence-electron chi connectivity index (χ1n) is 13.2. The molecule has 2 aliphatic rings. The maximum absolute atomic E-state index is 12.7. The monoisotopic (exact) mass is 512 g/mol. The summed E-state index contributed by atoms with van der Waals surface area (Å²) in [6.07, 6.45) is 7.19. The van der Waals surface area contributed by atoms with E-state index >= 15 is 0 Å². The lowest BCUT2D eigenvalue weighted by Gasteiger charge is -2.26. The number of nitrogens with one attached hydrogen (secondary N) is 1. The molecule has 1 aliphatic carbocycles. The Labute approximate surface area is 221 Å². The number of nitrogen functional groups attached to an aromatic ring is 1. The molecule has 9 heteroatoms. The van der Waals surface area contributed by atoms with Crippen molar-refractivity contribution < 1.29 is 14.3 Å². The number of hydrogen-bond donors (Lipinski definition) is 2. The first kappa shape index (κ1) is 24.4. The van der Waals surface area contributed by atoms with Gasteiger partial charge in [-0.1, -0.05) is 36.8 Å². The van der Waals surface area contributed by atoms with Gasteiger partial charge in [0, 0.05) is 48.2 Å². The van der Waals surface area contributed by atoms with Crippen LogP contribution in [0.3, 0.4) is 0 Å². The van der Waals surface area contributed by atoms with E-state index in [9.17, 15) is 4.79 Å². The van der Waals surface area contributed by atoms with E-state index in [1.165, 1.54) is 6.42 Å². The topological polar surface area (TPSA) is 107 Å². The molecule has 2 fully saturated rings. The maximum atomic E-state index is 12.7. The molecule has 2 aromatic carbocycles. The third-order valence-electron chi connectivity index (χ3n) is 7.34. The number of ether oxygens (including phenoxy) is 2. The van der Waals surface area contributed by atoms with Gasteiger partial charge in [0.1, 0.15) is 35.2 Å². The Morgan fingerprint density at radius 3 is 2.79 bits per heavy atom. The van der Waals surface area contributed by atoms with E-state index in [-0.39, 0.29) is 5.91 Å². The van der Waals surface area contributed by atoms with Gasteiger partial charge in [-0.25, -0.2) is 9.97 Å². The van der Waals surface area contributed by atoms with Crippen LogP contribution < -0.4 is 15.8 Å². The van der Waals surface area contributed by atoms with Crippen molar-refractivity contribution in [2.75, 3.05) is 43.9 Å². The summed E-state index contributed by atoms with van der Waals surface area (Å²) in [6.45, 7) is 3.53. The van der Waals surface area contributed by atoms with Crippen molar-refractivity contribution in [2.45, 2.75) is 31.8 Å². The van der Waals surface area contributed by atoms with Crippen LogP contribution in [0.15, 0.2) is 60.9 Å². The van der Waals surface area contributed by atoms with Gasteiger partial charge in [0.15, 0.2) is 0 Å². The van der Waals surface area contributed by atoms with Crippen molar-refractivity contribution >= 4 is 22.9 Å². The van der Waals surface area contributed by atoms with Crippen molar-refractivity contribution in [1.82, 2.24) is 19.3 Å². The van der Waals surface area contributed by atoms with Gasteiger partial charge in [-0.05, 0) is 31.0 Å². The van der Waals surface area contributed by atoms with Crippen LogP contribution in [0, 0.1) is 0 Å². The van der Waals surface area contributed by atoms with E-state index in [1.807, 2.05) is 54.7 Å². The first-order chi connectivity index (χ1) is 18.7. The summed E-state index contributed by atoms with van der Waals surface area (Å²) in [4.78, 5) is 24.1. The van der Waals surface area contributed by atoms with Gasteiger partial charge in [-0.15, -0.1) is 0 Å². The number of nitrogens with zero attached hydrogens (tertiary/aromatic N) is 4. The zero-order chi connectivity index (χ0) is 25.9. The molecule has 0 spiro atoms. The smallest absolute Gasteiger partial charge is 0.238 e. The number of fused-ring (bicyclic) bond motifs is 1. The molecule has 0 unspecified atom stereocenters. The quantitative estimate of drug-likeness (QED) is 0.366. The zero-order valence-corrected chi connectivity index (χ0v) is 21.3. The molecule has 38 heavy (non-hydrogen) atoms. The minimum Gasteiger partial charge on any atom is -0.489 e. The highest BCUT2D eigenvalue weighted by Crippen LogP contribution is 2.39. The Bertz CT molecular complexity index is 1440. The third kappa shape index (κ3) is 5.07. The average molecular weight is 513 g/mol. The molecule has 2 aromatic heterocycles. The second-order valence-corrected chi connectivity index (χ2v) is 9.89. The number of amides is 1. The van der Waals surface area contributed by atoms with Gasteiger partial charge in [-0.3, -0.25) is 14.1 Å². The molecule has 6 rings (SSSR count). The van der Waals surface area contributed by atoms with Gasteiger partial charge in [0.25, 0.3) is 0 Å². The van der Waals surface area contributed by atoms with Crippen LogP contribution >= 0.6 is 0 Å². The number of morpholine rings is 1. The van der Waals surface area contributed by atoms with Crippen LogP contribution in [0.2, 0.25) is 0 Å². The standard InChI is InChI=1S/C29H32N6O3/c30-28-27-26(33-29(20-6-3-7-20)35(27)12-11-31-28)21-8-4-9-23(17-21)38-19-22-5-1-2-10-24(22)32-25(36)18-34-13-15-37-16-14-34/h1-2,4-5,8-12,17,20H,3,6-7,13-16,18-19H2,(H2,30,31)(H,32,36). The van der Waals surface area contributed by atoms with Crippen molar-refractivity contribution in [3.05, 3.63) is 72.3 Å². The highest BCUT2D eigenvalue weighted by molar-refractivity contribution is 5.93. The summed E-state index contributed by atoms with van der Waals surface area (Å²) in [7, 11) is 0. The Hall–Kier alpha value is -3.95. The minimum absolute atomic E-state index is 0.0403. The van der Waals surface area contributed by atoms with Crippen molar-refractivity contribution in [3.8, 4) is 17.0 Å². The molecule has 3 heterocycles. The zero-order valence-electron chi connectivity index (χ0n) is 21.3. The van der Waals surface area contributed by atoms with Crippen molar-refractivity contribution in [2.24, 2.45) is 0 Å². The van der Waals surface area contributed by atoms with Gasteiger partial charge < -0.3 is 20.5 Å². The van der Waals surface area contributed by atoms with E-state index in [1.54, 1.807) is 6.20 Å². The van der Waals surface area contributed by atoms with Crippen LogP contribution in [0.25, 0.3) is 16.8 Å². The number of carbonyl (C=O) groups is 1. The molecule has 4 aromatic rings. The number of carbonyl (C=O) groups excluding carboxylic acids is 1. The lowest BCUT2D eigenvalue weighted by molar-refractivity contribution is -0.118. The summed E-state index contributed by atoms with van der Waals surface area (Å²) in [5.74, 6) is 2.64. The average Bonchev–Trinajstić information content (AvgIpc) is 3.28. The summed E-state index contributed by atoms with van der Waals surface area (Å²) in [6, 6.07) is 15.6. The molecule has 196 valence electrons. The molecule has 1 amide bonds. The van der Waals surface area contributed by atoms with Crippen LogP contribution in [0.1, 0.15) is 36.6 Å². The van der Waals surface area contributed by atoms with E-state index in [4.69, 9.17) is 20.2 Å². The van der Waals surface area contributed by atoms with Gasteiger partial charge in [0.2, 0.25) is 5.91 Å². The fourth-order valence-electron chi connectivity index (χ4n) is 5.06. The van der Waals surface area contributed by atoms with Gasteiger partial charge in [-0.2, -0.15) is 0 Å². The lowest BCUT2D eigenvalue weighted by atomic mass is 9.85. The molecule has 1 aliphatic heterocycles. The summed E-state index contributed by atoms with van der Waals surface area (Å²) >= 11 is 0. The van der Waals surface area contributed by atoms with E-state index in [2.05, 4.69) is 19.6 Å². The molecule has 0 bridgehead atoms. The van der Waals surface area contributed by atoms with Crippen molar-refractivity contribution in [1.29, 1.82) is 0 Å². The number of nitrogens with two attached hydrogens (primary N) is 1. The predicted octanol–water partition coefficient (Wildman–Crippen LogP) is 4.10. The Balaban J connectivity index is 1.19. The highest BCUT2D eigenvalue weighted by atomic mass is 16.5. The Morgan fingerprint density at radius 1 is 1.13 bits per heavy atom. The maximum Gasteiger partial charge on any atom is 0.238 e. The second-order valence-electron chi connectivity index (χ2n) is 9.89. The first-order valence-corrected chi connectivity index (χ1v) is 13.2. The van der Waals surface area contributed by atoms with Gasteiger partial charge in [0.05, 0.1) is 19.8 Å². The summed E-state index contributed by atoms with van der Waals surface area (Å²) < 4.78 is 13.7. The Morgan fingerprint density at radius 2 is 1.97 bits per heavy atom. The number of benzene rings is 2. The summed E-state index contributed by atoms with van der Waals surface area (Å²) in [5, 5.41) is 3.05. The van der Waals surface area contributed by atoms with E-state index in [0.717, 1.165) is 59.8 Å². The SMILES string of the molecule is Nc1nccn2c(C3CCC3)nc(-c3cccc(OCc4ccccc4NC(=O)CN4CCOCC4)c3)c12. The molecule has 0 radical (unpaired) electrons. The number of anilines is 2. The number of aromatic nitrogens is 3.